The summed E-state index contributed by atoms with van der Waals surface area (Å²) < 4.78 is 17.1. The second kappa shape index (κ2) is 17.2. The molecule has 6 rings (SSSR count). The molecule has 0 bridgehead atoms. The molecule has 2 N–H and O–H groups in total. The summed E-state index contributed by atoms with van der Waals surface area (Å²) in [6.07, 6.45) is 8.31. The van der Waals surface area contributed by atoms with Crippen LogP contribution in [0.3, 0.4) is 0 Å². The molecule has 1 amide bonds. The Hall–Kier alpha value is -3.73. The molecular weight excluding hydrogens is 685 g/mol. The Balaban J connectivity index is 1.18. The molecule has 11 heteroatoms. The molecule has 51 heavy (non-hydrogen) atoms. The Labute approximate surface area is 311 Å². The highest BCUT2D eigenvalue weighted by Gasteiger charge is 2.23. The number of likely N-dealkylation sites (tertiary alicyclic amines) is 1. The standard InChI is InChI=1S/C40H47Cl2N5O4/c1-25(48)47-20-17-30(18-21-47)44-23-27-9-8-26(22-36(27)50-3)39-38(42)33(16-19-43-39)32-6-5-7-34(37(32)41)35-15-10-28(40(46-35)51-4)24-45-29-11-13-31(49-2)14-12-29/h5-10,15-16,19,22,29-31,44-45H,11-14,17-18,20-21,23-24H2,1-4H3/t29-,31+. The van der Waals surface area contributed by atoms with Crippen molar-refractivity contribution in [2.24, 2.45) is 0 Å². The molecule has 0 radical (unpaired) electrons. The van der Waals surface area contributed by atoms with Crippen LogP contribution in [0, 0.1) is 0 Å². The number of nitrogens with one attached hydrogen (secondary N) is 2. The van der Waals surface area contributed by atoms with Gasteiger partial charge in [0.05, 0.1) is 41.8 Å². The summed E-state index contributed by atoms with van der Waals surface area (Å²) in [5.74, 6) is 1.46. The quantitative estimate of drug-likeness (QED) is 0.152. The second-order valence-electron chi connectivity index (χ2n) is 13.3. The number of halogens is 2. The Kier molecular flexibility index (Phi) is 12.5. The van der Waals surface area contributed by atoms with Crippen molar-refractivity contribution in [1.29, 1.82) is 0 Å². The number of pyridine rings is 2. The van der Waals surface area contributed by atoms with E-state index < -0.39 is 0 Å². The van der Waals surface area contributed by atoms with Crippen molar-refractivity contribution < 1.29 is 19.0 Å². The maximum absolute atomic E-state index is 11.7. The lowest BCUT2D eigenvalue weighted by molar-refractivity contribution is -0.129. The van der Waals surface area contributed by atoms with Crippen LogP contribution in [-0.4, -0.2) is 73.4 Å². The summed E-state index contributed by atoms with van der Waals surface area (Å²) in [7, 11) is 5.11. The molecule has 2 aliphatic rings. The number of hydrogen-bond acceptors (Lipinski definition) is 8. The number of carbonyl (C=O) groups is 1. The first-order valence-corrected chi connectivity index (χ1v) is 18.4. The normalized spacial score (nSPS) is 18.1. The van der Waals surface area contributed by atoms with Gasteiger partial charge in [-0.3, -0.25) is 9.78 Å². The van der Waals surface area contributed by atoms with Gasteiger partial charge < -0.3 is 29.7 Å². The van der Waals surface area contributed by atoms with Gasteiger partial charge >= 0.3 is 0 Å². The van der Waals surface area contributed by atoms with Crippen molar-refractivity contribution >= 4 is 29.1 Å². The molecule has 0 atom stereocenters. The summed E-state index contributed by atoms with van der Waals surface area (Å²) in [6.45, 7) is 4.52. The molecule has 0 unspecified atom stereocenters. The highest BCUT2D eigenvalue weighted by Crippen LogP contribution is 2.42. The Morgan fingerprint density at radius 3 is 2.16 bits per heavy atom. The first-order valence-electron chi connectivity index (χ1n) is 17.7. The zero-order valence-corrected chi connectivity index (χ0v) is 31.3. The van der Waals surface area contributed by atoms with Crippen molar-refractivity contribution in [3.8, 4) is 45.3 Å². The number of nitrogens with zero attached hydrogens (tertiary/aromatic N) is 3. The van der Waals surface area contributed by atoms with Gasteiger partial charge in [0, 0.05) is 91.9 Å². The van der Waals surface area contributed by atoms with Crippen LogP contribution < -0.4 is 20.1 Å². The lowest BCUT2D eigenvalue weighted by atomic mass is 9.93. The highest BCUT2D eigenvalue weighted by atomic mass is 35.5. The zero-order valence-electron chi connectivity index (χ0n) is 29.8. The third-order valence-corrected chi connectivity index (χ3v) is 11.0. The minimum Gasteiger partial charge on any atom is -0.496 e. The number of piperidine rings is 1. The summed E-state index contributed by atoms with van der Waals surface area (Å²) in [5.41, 5.74) is 6.56. The largest absolute Gasteiger partial charge is 0.496 e. The van der Waals surface area contributed by atoms with Crippen molar-refractivity contribution in [2.45, 2.75) is 76.7 Å². The summed E-state index contributed by atoms with van der Waals surface area (Å²) in [5, 5.41) is 8.35. The van der Waals surface area contributed by atoms with Gasteiger partial charge in [-0.05, 0) is 56.7 Å². The lowest BCUT2D eigenvalue weighted by Crippen LogP contribution is -2.43. The molecule has 1 saturated carbocycles. The van der Waals surface area contributed by atoms with Crippen LogP contribution in [0.4, 0.5) is 0 Å². The maximum atomic E-state index is 11.7. The zero-order chi connectivity index (χ0) is 35.9. The Morgan fingerprint density at radius 2 is 1.47 bits per heavy atom. The monoisotopic (exact) mass is 731 g/mol. The number of amides is 1. The molecule has 2 aromatic carbocycles. The molecule has 2 aromatic heterocycles. The van der Waals surface area contributed by atoms with Crippen molar-refractivity contribution in [3.05, 3.63) is 82.0 Å². The number of methoxy groups -OCH3 is 3. The van der Waals surface area contributed by atoms with E-state index in [2.05, 4.69) is 21.7 Å². The molecule has 2 fully saturated rings. The minimum absolute atomic E-state index is 0.139. The van der Waals surface area contributed by atoms with Crippen LogP contribution in [0.5, 0.6) is 11.6 Å². The smallest absolute Gasteiger partial charge is 0.219 e. The van der Waals surface area contributed by atoms with E-state index in [1.807, 2.05) is 53.4 Å². The second-order valence-corrected chi connectivity index (χ2v) is 14.1. The number of rotatable bonds is 12. The molecule has 270 valence electrons. The van der Waals surface area contributed by atoms with Gasteiger partial charge in [0.25, 0.3) is 0 Å². The minimum atomic E-state index is 0.139. The predicted octanol–water partition coefficient (Wildman–Crippen LogP) is 7.95. The third kappa shape index (κ3) is 8.67. The molecule has 1 aliphatic heterocycles. The van der Waals surface area contributed by atoms with Crippen molar-refractivity contribution in [3.63, 3.8) is 0 Å². The molecule has 0 spiro atoms. The van der Waals surface area contributed by atoms with E-state index >= 15 is 0 Å². The third-order valence-electron chi connectivity index (χ3n) is 10.3. The van der Waals surface area contributed by atoms with Crippen LogP contribution in [0.1, 0.15) is 56.6 Å². The van der Waals surface area contributed by atoms with Gasteiger partial charge in [-0.2, -0.15) is 0 Å². The van der Waals surface area contributed by atoms with Gasteiger partial charge in [0.2, 0.25) is 11.8 Å². The van der Waals surface area contributed by atoms with Crippen LogP contribution in [0.15, 0.2) is 60.8 Å². The molecule has 1 aliphatic carbocycles. The first-order chi connectivity index (χ1) is 24.8. The fourth-order valence-corrected chi connectivity index (χ4v) is 7.82. The number of aromatic nitrogens is 2. The SMILES string of the molecule is COc1cc(-c2nccc(-c3cccc(-c4ccc(CN[C@H]5CC[C@@H](OC)CC5)c(OC)n4)c3Cl)c2Cl)ccc1CNC1CCN(C(C)=O)CC1. The average Bonchev–Trinajstić information content (AvgIpc) is 3.17. The van der Waals surface area contributed by atoms with Crippen molar-refractivity contribution in [2.75, 3.05) is 34.4 Å². The van der Waals surface area contributed by atoms with Gasteiger partial charge in [0.1, 0.15) is 5.75 Å². The Morgan fingerprint density at radius 1 is 0.804 bits per heavy atom. The summed E-state index contributed by atoms with van der Waals surface area (Å²) >= 11 is 14.2. The van der Waals surface area contributed by atoms with Crippen LogP contribution in [0.25, 0.3) is 33.6 Å². The highest BCUT2D eigenvalue weighted by molar-refractivity contribution is 6.39. The molecule has 1 saturated heterocycles. The number of hydrogen-bond donors (Lipinski definition) is 2. The maximum Gasteiger partial charge on any atom is 0.219 e. The van der Waals surface area contributed by atoms with Crippen LogP contribution >= 0.6 is 23.2 Å². The van der Waals surface area contributed by atoms with Crippen LogP contribution in [0.2, 0.25) is 10.0 Å². The predicted molar refractivity (Wildman–Crippen MR) is 203 cm³/mol. The number of ether oxygens (including phenoxy) is 3. The fourth-order valence-electron chi connectivity index (χ4n) is 7.17. The molecule has 3 heterocycles. The van der Waals surface area contributed by atoms with Crippen molar-refractivity contribution in [1.82, 2.24) is 25.5 Å². The summed E-state index contributed by atoms with van der Waals surface area (Å²) in [4.78, 5) is 23.1. The Bertz CT molecular complexity index is 1820. The molecule has 4 aromatic rings. The van der Waals surface area contributed by atoms with E-state index in [0.717, 1.165) is 90.7 Å². The first kappa shape index (κ1) is 37.0. The van der Waals surface area contributed by atoms with Gasteiger partial charge in [-0.1, -0.05) is 59.6 Å². The fraction of sp³-hybridized carbons (Fsp3) is 0.425. The van der Waals surface area contributed by atoms with Gasteiger partial charge in [-0.15, -0.1) is 0 Å². The van der Waals surface area contributed by atoms with Gasteiger partial charge in [-0.25, -0.2) is 4.98 Å². The lowest BCUT2D eigenvalue weighted by Gasteiger charge is -2.32. The van der Waals surface area contributed by atoms with E-state index in [9.17, 15) is 4.79 Å². The average molecular weight is 733 g/mol. The number of carbonyl (C=O) groups excluding carboxylic acids is 1. The van der Waals surface area contributed by atoms with Gasteiger partial charge in [0.15, 0.2) is 0 Å². The van der Waals surface area contributed by atoms with Crippen LogP contribution in [-0.2, 0) is 22.6 Å². The molecular formula is C40H47Cl2N5O4. The van der Waals surface area contributed by atoms with E-state index in [4.69, 9.17) is 42.4 Å². The van der Waals surface area contributed by atoms with E-state index in [-0.39, 0.29) is 5.91 Å². The van der Waals surface area contributed by atoms with E-state index in [1.54, 1.807) is 34.4 Å². The topological polar surface area (TPSA) is 97.8 Å². The number of benzene rings is 2. The summed E-state index contributed by atoms with van der Waals surface area (Å²) in [6, 6.07) is 18.6. The van der Waals surface area contributed by atoms with E-state index in [1.165, 1.54) is 0 Å². The molecule has 9 nitrogen and oxygen atoms in total. The van der Waals surface area contributed by atoms with E-state index in [0.29, 0.717) is 58.6 Å².